The van der Waals surface area contributed by atoms with Crippen molar-refractivity contribution in [2.45, 2.75) is 36.6 Å². The minimum Gasteiger partial charge on any atom is -0.349 e. The lowest BCUT2D eigenvalue weighted by atomic mass is 9.95. The summed E-state index contributed by atoms with van der Waals surface area (Å²) in [6.45, 7) is 0. The Bertz CT molecular complexity index is 445. The van der Waals surface area contributed by atoms with Gasteiger partial charge in [0.1, 0.15) is 5.82 Å². The van der Waals surface area contributed by atoms with Crippen LogP contribution in [0.3, 0.4) is 0 Å². The van der Waals surface area contributed by atoms with Crippen LogP contribution in [0.5, 0.6) is 0 Å². The molecule has 0 heterocycles. The van der Waals surface area contributed by atoms with Crippen LogP contribution in [-0.4, -0.2) is 16.8 Å². The number of rotatable bonds is 2. The topological polar surface area (TPSA) is 29.1 Å². The average molecular weight is 379 g/mol. The van der Waals surface area contributed by atoms with Gasteiger partial charge in [0.2, 0.25) is 0 Å². The Kier molecular flexibility index (Phi) is 4.78. The van der Waals surface area contributed by atoms with Crippen LogP contribution in [-0.2, 0) is 0 Å². The van der Waals surface area contributed by atoms with Crippen molar-refractivity contribution in [2.75, 3.05) is 0 Å². The van der Waals surface area contributed by atoms with Crippen LogP contribution < -0.4 is 5.32 Å². The molecule has 0 spiro atoms. The summed E-state index contributed by atoms with van der Waals surface area (Å²) in [5, 5.41) is 3.00. The van der Waals surface area contributed by atoms with Crippen LogP contribution in [0.4, 0.5) is 4.39 Å². The molecule has 1 fully saturated rings. The smallest absolute Gasteiger partial charge is 0.251 e. The monoisotopic (exact) mass is 377 g/mol. The van der Waals surface area contributed by atoms with Gasteiger partial charge in [-0.2, -0.15) is 0 Å². The highest BCUT2D eigenvalue weighted by Crippen LogP contribution is 2.24. The molecule has 1 N–H and O–H groups in total. The molecule has 5 heteroatoms. The van der Waals surface area contributed by atoms with Gasteiger partial charge in [-0.1, -0.05) is 15.9 Å². The maximum absolute atomic E-state index is 13.1. The zero-order chi connectivity index (χ0) is 13.1. The van der Waals surface area contributed by atoms with Crippen LogP contribution in [0, 0.1) is 5.82 Å². The predicted octanol–water partition coefficient (Wildman–Crippen LogP) is 4.02. The SMILES string of the molecule is O=C(NC1CCC(Br)CC1)c1ccc(F)c(Br)c1. The molecular weight excluding hydrogens is 365 g/mol. The maximum Gasteiger partial charge on any atom is 0.251 e. The van der Waals surface area contributed by atoms with Crippen LogP contribution >= 0.6 is 31.9 Å². The van der Waals surface area contributed by atoms with Crippen LogP contribution in [0.15, 0.2) is 22.7 Å². The number of carbonyl (C=O) groups excluding carboxylic acids is 1. The van der Waals surface area contributed by atoms with Gasteiger partial charge < -0.3 is 5.32 Å². The Labute approximate surface area is 123 Å². The maximum atomic E-state index is 13.1. The number of alkyl halides is 1. The molecule has 1 aromatic rings. The van der Waals surface area contributed by atoms with Crippen molar-refractivity contribution in [3.05, 3.63) is 34.1 Å². The molecule has 1 saturated carbocycles. The first kappa shape index (κ1) is 14.0. The Balaban J connectivity index is 1.97. The van der Waals surface area contributed by atoms with Crippen LogP contribution in [0.1, 0.15) is 36.0 Å². The third-order valence-electron chi connectivity index (χ3n) is 3.17. The summed E-state index contributed by atoms with van der Waals surface area (Å²) >= 11 is 6.67. The van der Waals surface area contributed by atoms with Gasteiger partial charge in [-0.15, -0.1) is 0 Å². The van der Waals surface area contributed by atoms with E-state index in [2.05, 4.69) is 37.2 Å². The van der Waals surface area contributed by atoms with Crippen LogP contribution in [0.2, 0.25) is 0 Å². The molecule has 2 rings (SSSR count). The van der Waals surface area contributed by atoms with E-state index in [0.717, 1.165) is 25.7 Å². The molecule has 0 atom stereocenters. The number of hydrogen-bond acceptors (Lipinski definition) is 1. The minimum absolute atomic E-state index is 0.131. The Morgan fingerprint density at radius 3 is 2.56 bits per heavy atom. The summed E-state index contributed by atoms with van der Waals surface area (Å²) in [4.78, 5) is 12.6. The summed E-state index contributed by atoms with van der Waals surface area (Å²) < 4.78 is 13.4. The molecule has 0 radical (unpaired) electrons. The molecule has 0 aliphatic heterocycles. The normalized spacial score (nSPS) is 23.7. The fourth-order valence-electron chi connectivity index (χ4n) is 2.10. The fraction of sp³-hybridized carbons (Fsp3) is 0.462. The molecule has 1 aliphatic rings. The molecule has 18 heavy (non-hydrogen) atoms. The average Bonchev–Trinajstić information content (AvgIpc) is 2.35. The van der Waals surface area contributed by atoms with Gasteiger partial charge >= 0.3 is 0 Å². The molecule has 1 aliphatic carbocycles. The Morgan fingerprint density at radius 2 is 1.94 bits per heavy atom. The molecule has 0 unspecified atom stereocenters. The first-order valence-corrected chi connectivity index (χ1v) is 7.67. The summed E-state index contributed by atoms with van der Waals surface area (Å²) in [6, 6.07) is 4.55. The lowest BCUT2D eigenvalue weighted by molar-refractivity contribution is 0.0928. The number of halogens is 3. The van der Waals surface area contributed by atoms with Gasteiger partial charge in [0.25, 0.3) is 5.91 Å². The Morgan fingerprint density at radius 1 is 1.28 bits per heavy atom. The summed E-state index contributed by atoms with van der Waals surface area (Å²) in [6.07, 6.45) is 4.14. The first-order chi connectivity index (χ1) is 8.56. The molecule has 2 nitrogen and oxygen atoms in total. The molecule has 1 amide bonds. The summed E-state index contributed by atoms with van der Waals surface area (Å²) in [7, 11) is 0. The van der Waals surface area contributed by atoms with Crippen molar-refractivity contribution in [1.29, 1.82) is 0 Å². The van der Waals surface area contributed by atoms with Gasteiger partial charge in [0.15, 0.2) is 0 Å². The molecule has 0 bridgehead atoms. The number of hydrogen-bond donors (Lipinski definition) is 1. The zero-order valence-electron chi connectivity index (χ0n) is 9.76. The van der Waals surface area contributed by atoms with Gasteiger partial charge in [0, 0.05) is 16.4 Å². The lowest BCUT2D eigenvalue weighted by Crippen LogP contribution is -2.37. The molecule has 0 saturated heterocycles. The van der Waals surface area contributed by atoms with Crippen molar-refractivity contribution >= 4 is 37.8 Å². The second-order valence-electron chi connectivity index (χ2n) is 4.55. The third-order valence-corrected chi connectivity index (χ3v) is 4.70. The standard InChI is InChI=1S/C13H14Br2FNO/c14-9-2-4-10(5-3-9)17-13(18)8-1-6-12(16)11(15)7-8/h1,6-7,9-10H,2-5H2,(H,17,18). The van der Waals surface area contributed by atoms with Crippen molar-refractivity contribution < 1.29 is 9.18 Å². The van der Waals surface area contributed by atoms with E-state index >= 15 is 0 Å². The van der Waals surface area contributed by atoms with Crippen molar-refractivity contribution in [1.82, 2.24) is 5.32 Å². The van der Waals surface area contributed by atoms with E-state index in [1.165, 1.54) is 18.2 Å². The van der Waals surface area contributed by atoms with E-state index < -0.39 is 0 Å². The largest absolute Gasteiger partial charge is 0.349 e. The van der Waals surface area contributed by atoms with E-state index in [0.29, 0.717) is 14.9 Å². The highest BCUT2D eigenvalue weighted by molar-refractivity contribution is 9.10. The van der Waals surface area contributed by atoms with E-state index in [1.54, 1.807) is 0 Å². The predicted molar refractivity (Wildman–Crippen MR) is 76.5 cm³/mol. The van der Waals surface area contributed by atoms with E-state index in [9.17, 15) is 9.18 Å². The molecular formula is C13H14Br2FNO. The number of carbonyl (C=O) groups is 1. The van der Waals surface area contributed by atoms with Crippen molar-refractivity contribution in [2.24, 2.45) is 0 Å². The summed E-state index contributed by atoms with van der Waals surface area (Å²) in [5.74, 6) is -0.486. The van der Waals surface area contributed by atoms with E-state index in [-0.39, 0.29) is 17.8 Å². The molecule has 1 aromatic carbocycles. The molecule has 98 valence electrons. The van der Waals surface area contributed by atoms with Gasteiger partial charge in [-0.25, -0.2) is 4.39 Å². The lowest BCUT2D eigenvalue weighted by Gasteiger charge is -2.26. The van der Waals surface area contributed by atoms with Crippen LogP contribution in [0.25, 0.3) is 0 Å². The minimum atomic E-state index is -0.355. The van der Waals surface area contributed by atoms with E-state index in [1.807, 2.05) is 0 Å². The number of nitrogens with one attached hydrogen (secondary N) is 1. The van der Waals surface area contributed by atoms with Gasteiger partial charge in [-0.3, -0.25) is 4.79 Å². The highest BCUT2D eigenvalue weighted by Gasteiger charge is 2.21. The third kappa shape index (κ3) is 3.54. The quantitative estimate of drug-likeness (QED) is 0.773. The van der Waals surface area contributed by atoms with Crippen molar-refractivity contribution in [3.8, 4) is 0 Å². The van der Waals surface area contributed by atoms with E-state index in [4.69, 9.17) is 0 Å². The first-order valence-electron chi connectivity index (χ1n) is 5.96. The number of benzene rings is 1. The zero-order valence-corrected chi connectivity index (χ0v) is 12.9. The summed E-state index contributed by atoms with van der Waals surface area (Å²) in [5.41, 5.74) is 0.490. The number of amides is 1. The Hall–Kier alpha value is -0.420. The fourth-order valence-corrected chi connectivity index (χ4v) is 3.01. The van der Waals surface area contributed by atoms with Gasteiger partial charge in [-0.05, 0) is 59.8 Å². The second-order valence-corrected chi connectivity index (χ2v) is 6.70. The molecule has 0 aromatic heterocycles. The van der Waals surface area contributed by atoms with Gasteiger partial charge in [0.05, 0.1) is 4.47 Å². The highest BCUT2D eigenvalue weighted by atomic mass is 79.9. The second kappa shape index (κ2) is 6.15. The van der Waals surface area contributed by atoms with Crippen molar-refractivity contribution in [3.63, 3.8) is 0 Å².